The van der Waals surface area contributed by atoms with Crippen LogP contribution < -0.4 is 0 Å². The number of hydrogen-bond acceptors (Lipinski definition) is 2. The number of nitrogens with zero attached hydrogens (tertiary/aromatic N) is 2. The number of rotatable bonds is 4. The first-order valence-corrected chi connectivity index (χ1v) is 11.2. The Labute approximate surface area is 210 Å². The number of benzene rings is 4. The molecule has 0 aliphatic carbocycles. The molecule has 0 bridgehead atoms. The fourth-order valence-corrected chi connectivity index (χ4v) is 3.30. The third-order valence-electron chi connectivity index (χ3n) is 4.77. The molecular weight excluding hydrogens is 459 g/mol. The van der Waals surface area contributed by atoms with E-state index in [-0.39, 0.29) is 0 Å². The second-order valence-electron chi connectivity index (χ2n) is 7.17. The predicted molar refractivity (Wildman–Crippen MR) is 143 cm³/mol. The average Bonchev–Trinajstić information content (AvgIpc) is 2.89. The van der Waals surface area contributed by atoms with Crippen LogP contribution in [0.15, 0.2) is 109 Å². The molecule has 0 saturated heterocycles. The standard InChI is InChI=1S/2C15H10ClN/c2*16-15-8-6-12(7-9-15)10-14(11-17)13-4-2-1-3-5-13/h2*1-10H/b2*14-10+. The summed E-state index contributed by atoms with van der Waals surface area (Å²) in [6.07, 6.45) is 3.71. The molecule has 0 saturated carbocycles. The van der Waals surface area contributed by atoms with Gasteiger partial charge in [-0.1, -0.05) is 108 Å². The Morgan fingerprint density at radius 1 is 0.500 bits per heavy atom. The SMILES string of the molecule is N#C/C(=C\c1ccc(Cl)cc1)c1ccccc1.N#C/C(=C\c1ccc(Cl)cc1)c1ccccc1. The van der Waals surface area contributed by atoms with E-state index in [2.05, 4.69) is 12.1 Å². The zero-order valence-electron chi connectivity index (χ0n) is 18.2. The summed E-state index contributed by atoms with van der Waals surface area (Å²) >= 11 is 11.6. The van der Waals surface area contributed by atoms with Gasteiger partial charge in [-0.05, 0) is 58.7 Å². The van der Waals surface area contributed by atoms with Crippen LogP contribution in [0.25, 0.3) is 23.3 Å². The van der Waals surface area contributed by atoms with E-state index in [1.807, 2.05) is 121 Å². The number of allylic oxidation sites excluding steroid dienone is 2. The molecule has 2 nitrogen and oxygen atoms in total. The number of halogens is 2. The topological polar surface area (TPSA) is 47.6 Å². The van der Waals surface area contributed by atoms with Gasteiger partial charge in [0.1, 0.15) is 0 Å². The molecule has 4 aromatic carbocycles. The maximum atomic E-state index is 9.15. The Hall–Kier alpha value is -4.08. The van der Waals surface area contributed by atoms with Gasteiger partial charge < -0.3 is 0 Å². The molecule has 0 fully saturated rings. The highest BCUT2D eigenvalue weighted by atomic mass is 35.5. The lowest BCUT2D eigenvalue weighted by molar-refractivity contribution is 1.52. The zero-order valence-corrected chi connectivity index (χ0v) is 19.7. The van der Waals surface area contributed by atoms with Gasteiger partial charge in [0.05, 0.1) is 23.3 Å². The molecule has 4 rings (SSSR count). The van der Waals surface area contributed by atoms with E-state index in [1.54, 1.807) is 0 Å². The highest BCUT2D eigenvalue weighted by Gasteiger charge is 2.00. The van der Waals surface area contributed by atoms with Crippen LogP contribution in [0.4, 0.5) is 0 Å². The normalized spacial score (nSPS) is 10.9. The highest BCUT2D eigenvalue weighted by molar-refractivity contribution is 6.30. The molecule has 0 unspecified atom stereocenters. The fraction of sp³-hybridized carbons (Fsp3) is 0. The van der Waals surface area contributed by atoms with Crippen LogP contribution in [0.1, 0.15) is 22.3 Å². The Balaban J connectivity index is 0.000000191. The molecule has 0 aromatic heterocycles. The summed E-state index contributed by atoms with van der Waals surface area (Å²) in [5.74, 6) is 0. The fourth-order valence-electron chi connectivity index (χ4n) is 3.05. The van der Waals surface area contributed by atoms with Crippen molar-refractivity contribution in [3.63, 3.8) is 0 Å². The van der Waals surface area contributed by atoms with Crippen molar-refractivity contribution in [3.05, 3.63) is 141 Å². The maximum Gasteiger partial charge on any atom is 0.0998 e. The van der Waals surface area contributed by atoms with E-state index < -0.39 is 0 Å². The third-order valence-corrected chi connectivity index (χ3v) is 5.28. The molecule has 34 heavy (non-hydrogen) atoms. The average molecular weight is 479 g/mol. The van der Waals surface area contributed by atoms with Gasteiger partial charge in [0, 0.05) is 10.0 Å². The summed E-state index contributed by atoms with van der Waals surface area (Å²) in [6.45, 7) is 0. The van der Waals surface area contributed by atoms with Crippen molar-refractivity contribution < 1.29 is 0 Å². The highest BCUT2D eigenvalue weighted by Crippen LogP contribution is 2.20. The summed E-state index contributed by atoms with van der Waals surface area (Å²) in [4.78, 5) is 0. The van der Waals surface area contributed by atoms with Gasteiger partial charge in [-0.3, -0.25) is 0 Å². The monoisotopic (exact) mass is 478 g/mol. The predicted octanol–water partition coefficient (Wildman–Crippen LogP) is 8.81. The maximum absolute atomic E-state index is 9.15. The first kappa shape index (κ1) is 24.6. The Kier molecular flexibility index (Phi) is 9.27. The number of hydrogen-bond donors (Lipinski definition) is 0. The minimum Gasteiger partial charge on any atom is -0.192 e. The molecule has 0 spiro atoms. The van der Waals surface area contributed by atoms with Crippen molar-refractivity contribution in [2.45, 2.75) is 0 Å². The Morgan fingerprint density at radius 3 is 1.12 bits per heavy atom. The van der Waals surface area contributed by atoms with Crippen LogP contribution in [-0.2, 0) is 0 Å². The van der Waals surface area contributed by atoms with Crippen molar-refractivity contribution >= 4 is 46.5 Å². The van der Waals surface area contributed by atoms with Gasteiger partial charge in [-0.15, -0.1) is 0 Å². The van der Waals surface area contributed by atoms with Crippen LogP contribution in [0.5, 0.6) is 0 Å². The van der Waals surface area contributed by atoms with Gasteiger partial charge >= 0.3 is 0 Å². The molecule has 0 atom stereocenters. The smallest absolute Gasteiger partial charge is 0.0998 e. The summed E-state index contributed by atoms with van der Waals surface area (Å²) in [6, 6.07) is 38.5. The Bertz CT molecular complexity index is 1230. The van der Waals surface area contributed by atoms with Gasteiger partial charge in [-0.2, -0.15) is 10.5 Å². The number of nitriles is 2. The van der Waals surface area contributed by atoms with E-state index >= 15 is 0 Å². The molecule has 0 amide bonds. The summed E-state index contributed by atoms with van der Waals surface area (Å²) < 4.78 is 0. The van der Waals surface area contributed by atoms with Crippen LogP contribution in [-0.4, -0.2) is 0 Å². The lowest BCUT2D eigenvalue weighted by atomic mass is 10.0. The third kappa shape index (κ3) is 7.51. The second kappa shape index (κ2) is 12.8. The van der Waals surface area contributed by atoms with Gasteiger partial charge in [0.25, 0.3) is 0 Å². The van der Waals surface area contributed by atoms with E-state index in [1.165, 1.54) is 0 Å². The van der Waals surface area contributed by atoms with Gasteiger partial charge in [0.2, 0.25) is 0 Å². The van der Waals surface area contributed by atoms with Crippen molar-refractivity contribution in [2.75, 3.05) is 0 Å². The molecular formula is C30H20Cl2N2. The lowest BCUT2D eigenvalue weighted by Crippen LogP contribution is -1.81. The molecule has 0 heterocycles. The quantitative estimate of drug-likeness (QED) is 0.217. The van der Waals surface area contributed by atoms with Crippen LogP contribution in [0.3, 0.4) is 0 Å². The minimum absolute atomic E-state index is 0.646. The van der Waals surface area contributed by atoms with Crippen LogP contribution >= 0.6 is 23.2 Å². The Morgan fingerprint density at radius 2 is 0.824 bits per heavy atom. The molecule has 4 heteroatoms. The summed E-state index contributed by atoms with van der Waals surface area (Å²) in [5, 5.41) is 19.7. The van der Waals surface area contributed by atoms with Crippen molar-refractivity contribution in [1.29, 1.82) is 10.5 Å². The van der Waals surface area contributed by atoms with E-state index in [4.69, 9.17) is 33.7 Å². The van der Waals surface area contributed by atoms with Crippen LogP contribution in [0.2, 0.25) is 10.0 Å². The van der Waals surface area contributed by atoms with Crippen molar-refractivity contribution in [2.24, 2.45) is 0 Å². The molecule has 0 aliphatic heterocycles. The first-order chi connectivity index (χ1) is 16.6. The van der Waals surface area contributed by atoms with E-state index in [9.17, 15) is 0 Å². The van der Waals surface area contributed by atoms with E-state index in [0.717, 1.165) is 22.3 Å². The summed E-state index contributed by atoms with van der Waals surface area (Å²) in [5.41, 5.74) is 5.07. The van der Waals surface area contributed by atoms with Gasteiger partial charge in [-0.25, -0.2) is 0 Å². The molecule has 0 radical (unpaired) electrons. The second-order valence-corrected chi connectivity index (χ2v) is 8.05. The minimum atomic E-state index is 0.646. The largest absolute Gasteiger partial charge is 0.192 e. The van der Waals surface area contributed by atoms with E-state index in [0.29, 0.717) is 21.2 Å². The summed E-state index contributed by atoms with van der Waals surface area (Å²) in [7, 11) is 0. The molecule has 164 valence electrons. The zero-order chi connectivity index (χ0) is 24.2. The van der Waals surface area contributed by atoms with Crippen molar-refractivity contribution in [3.8, 4) is 12.1 Å². The molecule has 0 N–H and O–H groups in total. The molecule has 4 aromatic rings. The van der Waals surface area contributed by atoms with Crippen molar-refractivity contribution in [1.82, 2.24) is 0 Å². The van der Waals surface area contributed by atoms with Crippen LogP contribution in [0, 0.1) is 22.7 Å². The van der Waals surface area contributed by atoms with Gasteiger partial charge in [0.15, 0.2) is 0 Å². The first-order valence-electron chi connectivity index (χ1n) is 10.4. The molecule has 0 aliphatic rings. The lowest BCUT2D eigenvalue weighted by Gasteiger charge is -1.99.